The SMILES string of the molecule is CCNC(c1ccc(I)c(Cl)c1)c1cc(C)c(F)cc1F. The monoisotopic (exact) mass is 421 g/mol. The van der Waals surface area contributed by atoms with Crippen molar-refractivity contribution in [3.8, 4) is 0 Å². The van der Waals surface area contributed by atoms with Gasteiger partial charge in [0.2, 0.25) is 0 Å². The normalized spacial score (nSPS) is 12.5. The van der Waals surface area contributed by atoms with Crippen molar-refractivity contribution >= 4 is 34.2 Å². The van der Waals surface area contributed by atoms with Gasteiger partial charge in [-0.3, -0.25) is 0 Å². The minimum atomic E-state index is -0.557. The van der Waals surface area contributed by atoms with Crippen LogP contribution in [0.25, 0.3) is 0 Å². The number of aryl methyl sites for hydroxylation is 1. The van der Waals surface area contributed by atoms with Crippen LogP contribution in [0.4, 0.5) is 8.78 Å². The van der Waals surface area contributed by atoms with Crippen molar-refractivity contribution in [3.63, 3.8) is 0 Å². The standard InChI is InChI=1S/C16H15ClF2IN/c1-3-21-16(10-4-5-15(20)12(17)7-10)11-6-9(2)13(18)8-14(11)19/h4-8,16,21H,3H2,1-2H3. The predicted molar refractivity (Wildman–Crippen MR) is 90.8 cm³/mol. The number of rotatable bonds is 4. The van der Waals surface area contributed by atoms with Crippen molar-refractivity contribution in [3.05, 3.63) is 67.2 Å². The van der Waals surface area contributed by atoms with Crippen LogP contribution in [0.3, 0.4) is 0 Å². The zero-order chi connectivity index (χ0) is 15.6. The van der Waals surface area contributed by atoms with Crippen LogP contribution < -0.4 is 5.32 Å². The molecule has 5 heteroatoms. The number of benzene rings is 2. The fourth-order valence-electron chi connectivity index (χ4n) is 2.20. The van der Waals surface area contributed by atoms with E-state index in [4.69, 9.17) is 11.6 Å². The van der Waals surface area contributed by atoms with Gasteiger partial charge in [0.15, 0.2) is 0 Å². The molecule has 0 saturated carbocycles. The molecule has 1 N–H and O–H groups in total. The molecule has 0 radical (unpaired) electrons. The first-order valence-electron chi connectivity index (χ1n) is 6.58. The lowest BCUT2D eigenvalue weighted by atomic mass is 9.96. The Morgan fingerprint density at radius 2 is 1.90 bits per heavy atom. The average molecular weight is 422 g/mol. The summed E-state index contributed by atoms with van der Waals surface area (Å²) in [5.41, 5.74) is 1.70. The predicted octanol–water partition coefficient (Wildman–Crippen LogP) is 5.23. The molecular weight excluding hydrogens is 407 g/mol. The molecular formula is C16H15ClF2IN. The highest BCUT2D eigenvalue weighted by molar-refractivity contribution is 14.1. The van der Waals surface area contributed by atoms with Crippen molar-refractivity contribution in [2.24, 2.45) is 0 Å². The highest BCUT2D eigenvalue weighted by Gasteiger charge is 2.19. The molecule has 1 unspecified atom stereocenters. The minimum absolute atomic E-state index is 0.358. The van der Waals surface area contributed by atoms with Gasteiger partial charge in [-0.15, -0.1) is 0 Å². The zero-order valence-electron chi connectivity index (χ0n) is 11.7. The van der Waals surface area contributed by atoms with E-state index >= 15 is 0 Å². The van der Waals surface area contributed by atoms with Crippen LogP contribution >= 0.6 is 34.2 Å². The molecule has 0 spiro atoms. The summed E-state index contributed by atoms with van der Waals surface area (Å²) < 4.78 is 28.5. The Kier molecular flexibility index (Phi) is 5.57. The van der Waals surface area contributed by atoms with Crippen LogP contribution in [-0.2, 0) is 0 Å². The first-order valence-corrected chi connectivity index (χ1v) is 8.03. The highest BCUT2D eigenvalue weighted by Crippen LogP contribution is 2.29. The lowest BCUT2D eigenvalue weighted by molar-refractivity contribution is 0.537. The van der Waals surface area contributed by atoms with Crippen molar-refractivity contribution in [1.82, 2.24) is 5.32 Å². The Balaban J connectivity index is 2.52. The van der Waals surface area contributed by atoms with Crippen LogP contribution in [0.2, 0.25) is 5.02 Å². The largest absolute Gasteiger partial charge is 0.306 e. The second kappa shape index (κ2) is 7.03. The molecule has 0 bridgehead atoms. The van der Waals surface area contributed by atoms with Crippen LogP contribution in [-0.4, -0.2) is 6.54 Å². The summed E-state index contributed by atoms with van der Waals surface area (Å²) in [7, 11) is 0. The second-order valence-corrected chi connectivity index (χ2v) is 6.36. The van der Waals surface area contributed by atoms with Crippen LogP contribution in [0.5, 0.6) is 0 Å². The van der Waals surface area contributed by atoms with E-state index in [0.29, 0.717) is 22.7 Å². The summed E-state index contributed by atoms with van der Waals surface area (Å²) in [6.45, 7) is 4.22. The van der Waals surface area contributed by atoms with Gasteiger partial charge >= 0.3 is 0 Å². The summed E-state index contributed by atoms with van der Waals surface area (Å²) in [6.07, 6.45) is 0. The lowest BCUT2D eigenvalue weighted by Crippen LogP contribution is -2.23. The van der Waals surface area contributed by atoms with Gasteiger partial charge in [-0.2, -0.15) is 0 Å². The smallest absolute Gasteiger partial charge is 0.131 e. The summed E-state index contributed by atoms with van der Waals surface area (Å²) in [5, 5.41) is 3.85. The van der Waals surface area contributed by atoms with Gasteiger partial charge in [0.25, 0.3) is 0 Å². The van der Waals surface area contributed by atoms with E-state index in [-0.39, 0.29) is 6.04 Å². The van der Waals surface area contributed by atoms with E-state index in [1.54, 1.807) is 13.0 Å². The molecule has 1 atom stereocenters. The Morgan fingerprint density at radius 1 is 1.19 bits per heavy atom. The maximum atomic E-state index is 14.2. The molecule has 2 aromatic carbocycles. The van der Waals surface area contributed by atoms with E-state index < -0.39 is 11.6 Å². The van der Waals surface area contributed by atoms with E-state index in [0.717, 1.165) is 15.2 Å². The molecule has 2 aromatic rings. The summed E-state index contributed by atoms with van der Waals surface area (Å²) in [6, 6.07) is 7.72. The molecule has 112 valence electrons. The summed E-state index contributed by atoms with van der Waals surface area (Å²) in [5.74, 6) is -1.09. The van der Waals surface area contributed by atoms with Crippen LogP contribution in [0, 0.1) is 22.1 Å². The molecule has 0 heterocycles. The van der Waals surface area contributed by atoms with E-state index in [2.05, 4.69) is 27.9 Å². The van der Waals surface area contributed by atoms with Gasteiger partial charge < -0.3 is 5.32 Å². The molecule has 0 fully saturated rings. The quantitative estimate of drug-likeness (QED) is 0.667. The van der Waals surface area contributed by atoms with Crippen LogP contribution in [0.1, 0.15) is 29.7 Å². The molecule has 0 aromatic heterocycles. The number of halogens is 4. The molecule has 21 heavy (non-hydrogen) atoms. The fourth-order valence-corrected chi connectivity index (χ4v) is 2.73. The molecule has 0 aliphatic heterocycles. The van der Waals surface area contributed by atoms with Gasteiger partial charge in [-0.1, -0.05) is 24.6 Å². The highest BCUT2D eigenvalue weighted by atomic mass is 127. The molecule has 0 aliphatic rings. The molecule has 0 saturated heterocycles. The Hall–Kier alpha value is -0.720. The maximum absolute atomic E-state index is 14.2. The number of hydrogen-bond acceptors (Lipinski definition) is 1. The maximum Gasteiger partial charge on any atom is 0.131 e. The fraction of sp³-hybridized carbons (Fsp3) is 0.250. The van der Waals surface area contributed by atoms with E-state index in [9.17, 15) is 8.78 Å². The van der Waals surface area contributed by atoms with Crippen LogP contribution in [0.15, 0.2) is 30.3 Å². The Morgan fingerprint density at radius 3 is 2.52 bits per heavy atom. The van der Waals surface area contributed by atoms with Crippen molar-refractivity contribution in [2.75, 3.05) is 6.54 Å². The Labute approximate surface area is 141 Å². The second-order valence-electron chi connectivity index (χ2n) is 4.79. The first-order chi connectivity index (χ1) is 9.93. The van der Waals surface area contributed by atoms with E-state index in [1.807, 2.05) is 25.1 Å². The molecule has 0 amide bonds. The Bertz CT molecular complexity index is 661. The van der Waals surface area contributed by atoms with Crippen molar-refractivity contribution < 1.29 is 8.78 Å². The third-order valence-electron chi connectivity index (χ3n) is 3.27. The van der Waals surface area contributed by atoms with Crippen molar-refractivity contribution in [2.45, 2.75) is 19.9 Å². The zero-order valence-corrected chi connectivity index (χ0v) is 14.6. The molecule has 0 aliphatic carbocycles. The van der Waals surface area contributed by atoms with Gasteiger partial charge in [-0.25, -0.2) is 8.78 Å². The van der Waals surface area contributed by atoms with Gasteiger partial charge in [-0.05, 0) is 65.4 Å². The third-order valence-corrected chi connectivity index (χ3v) is 4.85. The topological polar surface area (TPSA) is 12.0 Å². The minimum Gasteiger partial charge on any atom is -0.306 e. The number of hydrogen-bond donors (Lipinski definition) is 1. The van der Waals surface area contributed by atoms with Gasteiger partial charge in [0, 0.05) is 15.2 Å². The van der Waals surface area contributed by atoms with Gasteiger partial charge in [0.1, 0.15) is 11.6 Å². The van der Waals surface area contributed by atoms with Gasteiger partial charge in [0.05, 0.1) is 11.1 Å². The van der Waals surface area contributed by atoms with E-state index in [1.165, 1.54) is 0 Å². The lowest BCUT2D eigenvalue weighted by Gasteiger charge is -2.21. The van der Waals surface area contributed by atoms with Crippen molar-refractivity contribution in [1.29, 1.82) is 0 Å². The summed E-state index contributed by atoms with van der Waals surface area (Å²) in [4.78, 5) is 0. The molecule has 1 nitrogen and oxygen atoms in total. The molecule has 2 rings (SSSR count). The first kappa shape index (κ1) is 16.6. The number of nitrogens with one attached hydrogen (secondary N) is 1. The summed E-state index contributed by atoms with van der Waals surface area (Å²) >= 11 is 8.29. The average Bonchev–Trinajstić information content (AvgIpc) is 2.44. The third kappa shape index (κ3) is 3.73.